The summed E-state index contributed by atoms with van der Waals surface area (Å²) in [5.41, 5.74) is 0.160. The van der Waals surface area contributed by atoms with Crippen molar-refractivity contribution in [1.82, 2.24) is 10.2 Å². The molecule has 0 aliphatic heterocycles. The third-order valence-electron chi connectivity index (χ3n) is 1.04. The van der Waals surface area contributed by atoms with E-state index in [9.17, 15) is 4.79 Å². The number of hydrogen-bond donors (Lipinski definition) is 2. The summed E-state index contributed by atoms with van der Waals surface area (Å²) < 4.78 is 0. The normalized spacial score (nSPS) is 9.70. The number of aromatic nitrogens is 2. The molecule has 10 heavy (non-hydrogen) atoms. The molecule has 0 saturated carbocycles. The molecule has 0 unspecified atom stereocenters. The molecule has 54 valence electrons. The highest BCUT2D eigenvalue weighted by atomic mass is 32.2. The number of H-pyrrole nitrogens is 1. The van der Waals surface area contributed by atoms with E-state index in [4.69, 9.17) is 5.11 Å². The van der Waals surface area contributed by atoms with Gasteiger partial charge in [-0.2, -0.15) is 5.10 Å². The minimum atomic E-state index is -0.971. The Kier molecular flexibility index (Phi) is 1.96. The second-order valence-electron chi connectivity index (χ2n) is 1.62. The van der Waals surface area contributed by atoms with Gasteiger partial charge >= 0.3 is 5.97 Å². The van der Waals surface area contributed by atoms with Gasteiger partial charge < -0.3 is 5.11 Å². The van der Waals surface area contributed by atoms with E-state index < -0.39 is 5.97 Å². The van der Waals surface area contributed by atoms with Crippen molar-refractivity contribution in [1.29, 1.82) is 0 Å². The van der Waals surface area contributed by atoms with Crippen LogP contribution >= 0.6 is 11.8 Å². The Balaban J connectivity index is 3.01. The van der Waals surface area contributed by atoms with E-state index in [0.717, 1.165) is 0 Å². The molecule has 5 heteroatoms. The topological polar surface area (TPSA) is 66.0 Å². The molecule has 0 fully saturated rings. The van der Waals surface area contributed by atoms with Gasteiger partial charge in [0.05, 0.1) is 11.1 Å². The summed E-state index contributed by atoms with van der Waals surface area (Å²) in [6.45, 7) is 0. The minimum Gasteiger partial charge on any atom is -0.476 e. The van der Waals surface area contributed by atoms with Gasteiger partial charge in [-0.3, -0.25) is 5.10 Å². The summed E-state index contributed by atoms with van der Waals surface area (Å²) in [7, 11) is 0. The second-order valence-corrected chi connectivity index (χ2v) is 2.47. The first-order valence-corrected chi connectivity index (χ1v) is 3.79. The van der Waals surface area contributed by atoms with Gasteiger partial charge in [-0.25, -0.2) is 4.79 Å². The molecule has 0 saturated heterocycles. The molecule has 1 heterocycles. The Morgan fingerprint density at radius 1 is 1.90 bits per heavy atom. The molecule has 0 bridgehead atoms. The molecule has 1 rings (SSSR count). The molecular weight excluding hydrogens is 152 g/mol. The van der Waals surface area contributed by atoms with Crippen molar-refractivity contribution < 1.29 is 9.90 Å². The monoisotopic (exact) mass is 158 g/mol. The molecular formula is C5H6N2O2S. The number of carboxylic acid groups (broad SMARTS) is 1. The minimum absolute atomic E-state index is 0.160. The summed E-state index contributed by atoms with van der Waals surface area (Å²) in [4.78, 5) is 11.0. The van der Waals surface area contributed by atoms with Crippen molar-refractivity contribution in [2.45, 2.75) is 4.90 Å². The van der Waals surface area contributed by atoms with Crippen LogP contribution in [0.4, 0.5) is 0 Å². The van der Waals surface area contributed by atoms with Crippen LogP contribution in [0.5, 0.6) is 0 Å². The highest BCUT2D eigenvalue weighted by Crippen LogP contribution is 2.16. The Labute approximate surface area is 61.6 Å². The quantitative estimate of drug-likeness (QED) is 0.625. The summed E-state index contributed by atoms with van der Waals surface area (Å²) in [6, 6.07) is 0. The van der Waals surface area contributed by atoms with Crippen molar-refractivity contribution in [3.8, 4) is 0 Å². The Morgan fingerprint density at radius 2 is 2.60 bits per heavy atom. The maximum Gasteiger partial charge on any atom is 0.355 e. The zero-order chi connectivity index (χ0) is 7.56. The highest BCUT2D eigenvalue weighted by Gasteiger charge is 2.09. The summed E-state index contributed by atoms with van der Waals surface area (Å²) in [5, 5.41) is 14.5. The van der Waals surface area contributed by atoms with Crippen LogP contribution in [0.2, 0.25) is 0 Å². The van der Waals surface area contributed by atoms with E-state index in [2.05, 4.69) is 10.2 Å². The fourth-order valence-electron chi connectivity index (χ4n) is 0.583. The molecule has 4 nitrogen and oxygen atoms in total. The van der Waals surface area contributed by atoms with Crippen LogP contribution in [0, 0.1) is 0 Å². The Morgan fingerprint density at radius 3 is 3.00 bits per heavy atom. The van der Waals surface area contributed by atoms with E-state index in [1.54, 1.807) is 6.26 Å². The average Bonchev–Trinajstić information content (AvgIpc) is 2.33. The average molecular weight is 158 g/mol. The number of hydrogen-bond acceptors (Lipinski definition) is 3. The number of aromatic carboxylic acids is 1. The fourth-order valence-corrected chi connectivity index (χ4v) is 1.08. The summed E-state index contributed by atoms with van der Waals surface area (Å²) >= 11 is 1.36. The second kappa shape index (κ2) is 2.74. The SMILES string of the molecule is CSc1cn[nH]c1C(=O)O. The van der Waals surface area contributed by atoms with Gasteiger partial charge in [-0.15, -0.1) is 11.8 Å². The van der Waals surface area contributed by atoms with Crippen molar-refractivity contribution in [3.05, 3.63) is 11.9 Å². The first-order chi connectivity index (χ1) is 4.75. The largest absolute Gasteiger partial charge is 0.476 e. The third kappa shape index (κ3) is 1.13. The van der Waals surface area contributed by atoms with Gasteiger partial charge in [0.1, 0.15) is 0 Å². The standard InChI is InChI=1S/C5H6N2O2S/c1-10-3-2-6-7-4(3)5(8)9/h2H,1H3,(H,6,7)(H,8,9). The van der Waals surface area contributed by atoms with E-state index in [1.165, 1.54) is 18.0 Å². The maximum atomic E-state index is 10.4. The lowest BCUT2D eigenvalue weighted by atomic mass is 10.4. The highest BCUT2D eigenvalue weighted by molar-refractivity contribution is 7.98. The van der Waals surface area contributed by atoms with Crippen molar-refractivity contribution >= 4 is 17.7 Å². The zero-order valence-corrected chi connectivity index (χ0v) is 6.10. The lowest BCUT2D eigenvalue weighted by Gasteiger charge is -1.89. The Hall–Kier alpha value is -0.970. The number of carboxylic acids is 1. The summed E-state index contributed by atoms with van der Waals surface area (Å²) in [5.74, 6) is -0.971. The predicted molar refractivity (Wildman–Crippen MR) is 37.3 cm³/mol. The van der Waals surface area contributed by atoms with E-state index in [-0.39, 0.29) is 5.69 Å². The fraction of sp³-hybridized carbons (Fsp3) is 0.200. The lowest BCUT2D eigenvalue weighted by molar-refractivity contribution is 0.0686. The first kappa shape index (κ1) is 7.14. The molecule has 0 radical (unpaired) electrons. The molecule has 0 aliphatic rings. The van der Waals surface area contributed by atoms with Crippen LogP contribution in [-0.2, 0) is 0 Å². The zero-order valence-electron chi connectivity index (χ0n) is 5.29. The summed E-state index contributed by atoms with van der Waals surface area (Å²) in [6.07, 6.45) is 3.30. The van der Waals surface area contributed by atoms with Crippen molar-refractivity contribution in [2.24, 2.45) is 0 Å². The number of nitrogens with zero attached hydrogens (tertiary/aromatic N) is 1. The number of carbonyl (C=O) groups is 1. The van der Waals surface area contributed by atoms with Crippen LogP contribution in [0.3, 0.4) is 0 Å². The molecule has 0 amide bonds. The van der Waals surface area contributed by atoms with Crippen LogP contribution in [0.25, 0.3) is 0 Å². The maximum absolute atomic E-state index is 10.4. The molecule has 1 aromatic rings. The van der Waals surface area contributed by atoms with Gasteiger partial charge in [-0.05, 0) is 6.26 Å². The van der Waals surface area contributed by atoms with Gasteiger partial charge in [0.15, 0.2) is 5.69 Å². The van der Waals surface area contributed by atoms with Crippen LogP contribution < -0.4 is 0 Å². The number of aromatic amines is 1. The van der Waals surface area contributed by atoms with Crippen LogP contribution in [-0.4, -0.2) is 27.5 Å². The molecule has 0 spiro atoms. The number of rotatable bonds is 2. The van der Waals surface area contributed by atoms with E-state index in [1.807, 2.05) is 0 Å². The Bertz CT molecular complexity index is 246. The molecule has 0 aromatic carbocycles. The van der Waals surface area contributed by atoms with E-state index in [0.29, 0.717) is 4.90 Å². The van der Waals surface area contributed by atoms with Gasteiger partial charge in [-0.1, -0.05) is 0 Å². The van der Waals surface area contributed by atoms with Crippen molar-refractivity contribution in [2.75, 3.05) is 6.26 Å². The van der Waals surface area contributed by atoms with E-state index >= 15 is 0 Å². The number of nitrogens with one attached hydrogen (secondary N) is 1. The molecule has 0 atom stereocenters. The predicted octanol–water partition coefficient (Wildman–Crippen LogP) is 0.830. The van der Waals surface area contributed by atoms with Crippen LogP contribution in [0.1, 0.15) is 10.5 Å². The molecule has 0 aliphatic carbocycles. The van der Waals surface area contributed by atoms with Crippen LogP contribution in [0.15, 0.2) is 11.1 Å². The van der Waals surface area contributed by atoms with Gasteiger partial charge in [0.25, 0.3) is 0 Å². The van der Waals surface area contributed by atoms with Crippen molar-refractivity contribution in [3.63, 3.8) is 0 Å². The third-order valence-corrected chi connectivity index (χ3v) is 1.79. The van der Waals surface area contributed by atoms with Gasteiger partial charge in [0.2, 0.25) is 0 Å². The first-order valence-electron chi connectivity index (χ1n) is 2.56. The van der Waals surface area contributed by atoms with Gasteiger partial charge in [0, 0.05) is 0 Å². The number of thioether (sulfide) groups is 1. The molecule has 1 aromatic heterocycles. The lowest BCUT2D eigenvalue weighted by Crippen LogP contribution is -1.97. The molecule has 2 N–H and O–H groups in total. The smallest absolute Gasteiger partial charge is 0.355 e.